The maximum Gasteiger partial charge on any atom is 0.227 e. The number of aromatic nitrogens is 2. The summed E-state index contributed by atoms with van der Waals surface area (Å²) in [5.41, 5.74) is 5.54. The minimum absolute atomic E-state index is 0.0765. The average molecular weight is 210 g/mol. The first-order valence-electron chi connectivity index (χ1n) is 5.09. The molecule has 1 amide bonds. The molecule has 0 radical (unpaired) electrons. The topological polar surface area (TPSA) is 72.9 Å². The minimum Gasteiger partial charge on any atom is -0.327 e. The maximum atomic E-state index is 11.5. The van der Waals surface area contributed by atoms with Crippen LogP contribution in [0, 0.1) is 0 Å². The first-order valence-corrected chi connectivity index (χ1v) is 5.09. The Kier molecular flexibility index (Phi) is 3.85. The first-order chi connectivity index (χ1) is 7.00. The fourth-order valence-corrected chi connectivity index (χ4v) is 1.31. The fourth-order valence-electron chi connectivity index (χ4n) is 1.31. The van der Waals surface area contributed by atoms with Gasteiger partial charge in [0.25, 0.3) is 0 Å². The molecule has 0 aliphatic heterocycles. The monoisotopic (exact) mass is 210 g/mol. The third kappa shape index (κ3) is 3.36. The molecule has 5 nitrogen and oxygen atoms in total. The van der Waals surface area contributed by atoms with Crippen LogP contribution in [0.5, 0.6) is 0 Å². The number of nitrogens with two attached hydrogens (primary N) is 1. The van der Waals surface area contributed by atoms with Crippen LogP contribution in [-0.4, -0.2) is 21.7 Å². The van der Waals surface area contributed by atoms with Crippen LogP contribution in [0.1, 0.15) is 33.2 Å². The molecule has 0 aliphatic carbocycles. The predicted octanol–water partition coefficient (Wildman–Crippen LogP) is 1.14. The lowest BCUT2D eigenvalue weighted by Gasteiger charge is -2.12. The smallest absolute Gasteiger partial charge is 0.227 e. The number of amides is 1. The van der Waals surface area contributed by atoms with E-state index < -0.39 is 0 Å². The molecule has 0 saturated carbocycles. The molecule has 0 fully saturated rings. The largest absolute Gasteiger partial charge is 0.327 e. The van der Waals surface area contributed by atoms with Gasteiger partial charge < -0.3 is 11.1 Å². The summed E-state index contributed by atoms with van der Waals surface area (Å²) >= 11 is 0. The van der Waals surface area contributed by atoms with Gasteiger partial charge in [0.05, 0.1) is 6.20 Å². The van der Waals surface area contributed by atoms with E-state index in [1.54, 1.807) is 23.9 Å². The van der Waals surface area contributed by atoms with Crippen LogP contribution in [0.15, 0.2) is 12.3 Å². The number of nitrogens with one attached hydrogen (secondary N) is 1. The lowest BCUT2D eigenvalue weighted by atomic mass is 10.2. The van der Waals surface area contributed by atoms with Crippen LogP contribution in [0.2, 0.25) is 0 Å². The molecule has 0 aliphatic rings. The van der Waals surface area contributed by atoms with E-state index in [9.17, 15) is 4.79 Å². The highest BCUT2D eigenvalue weighted by Gasteiger charge is 2.10. The molecule has 0 spiro atoms. The Bertz CT molecular complexity index is 330. The van der Waals surface area contributed by atoms with Gasteiger partial charge >= 0.3 is 0 Å². The molecule has 0 saturated heterocycles. The Morgan fingerprint density at radius 1 is 1.60 bits per heavy atom. The van der Waals surface area contributed by atoms with Gasteiger partial charge in [-0.25, -0.2) is 4.68 Å². The van der Waals surface area contributed by atoms with E-state index in [1.165, 1.54) is 0 Å². The predicted molar refractivity (Wildman–Crippen MR) is 59.5 cm³/mol. The van der Waals surface area contributed by atoms with E-state index >= 15 is 0 Å². The Balaban J connectivity index is 2.64. The second-order valence-electron chi connectivity index (χ2n) is 3.98. The summed E-state index contributed by atoms with van der Waals surface area (Å²) in [6, 6.07) is 1.88. The number of hydrogen-bond donors (Lipinski definition) is 2. The average Bonchev–Trinajstić information content (AvgIpc) is 2.50. The summed E-state index contributed by atoms with van der Waals surface area (Å²) in [6.45, 7) is 5.82. The Labute approximate surface area is 89.6 Å². The van der Waals surface area contributed by atoms with Crippen molar-refractivity contribution in [2.75, 3.05) is 5.32 Å². The number of nitrogens with zero attached hydrogens (tertiary/aromatic N) is 2. The maximum absolute atomic E-state index is 11.5. The van der Waals surface area contributed by atoms with Crippen molar-refractivity contribution in [3.63, 3.8) is 0 Å². The lowest BCUT2D eigenvalue weighted by molar-refractivity contribution is -0.116. The van der Waals surface area contributed by atoms with Crippen LogP contribution in [0.25, 0.3) is 0 Å². The third-order valence-electron chi connectivity index (χ3n) is 1.93. The highest BCUT2D eigenvalue weighted by atomic mass is 16.1. The van der Waals surface area contributed by atoms with Gasteiger partial charge in [0, 0.05) is 24.6 Å². The highest BCUT2D eigenvalue weighted by Crippen LogP contribution is 2.13. The van der Waals surface area contributed by atoms with Crippen molar-refractivity contribution in [1.82, 2.24) is 9.78 Å². The van der Waals surface area contributed by atoms with Crippen LogP contribution in [-0.2, 0) is 4.79 Å². The molecular formula is C10H18N4O. The van der Waals surface area contributed by atoms with Crippen molar-refractivity contribution in [1.29, 1.82) is 0 Å². The molecule has 0 aromatic carbocycles. The van der Waals surface area contributed by atoms with E-state index in [4.69, 9.17) is 5.73 Å². The third-order valence-corrected chi connectivity index (χ3v) is 1.93. The summed E-state index contributed by atoms with van der Waals surface area (Å²) in [5.74, 6) is 0.642. The first kappa shape index (κ1) is 11.7. The molecule has 1 unspecified atom stereocenters. The van der Waals surface area contributed by atoms with Gasteiger partial charge in [-0.1, -0.05) is 0 Å². The zero-order chi connectivity index (χ0) is 11.4. The van der Waals surface area contributed by atoms with E-state index in [2.05, 4.69) is 10.4 Å². The molecule has 5 heteroatoms. The van der Waals surface area contributed by atoms with Crippen molar-refractivity contribution in [3.05, 3.63) is 12.3 Å². The van der Waals surface area contributed by atoms with Crippen molar-refractivity contribution in [2.45, 2.75) is 39.3 Å². The summed E-state index contributed by atoms with van der Waals surface area (Å²) in [5, 5.41) is 6.90. The van der Waals surface area contributed by atoms with E-state index in [1.807, 2.05) is 13.8 Å². The lowest BCUT2D eigenvalue weighted by Crippen LogP contribution is -2.25. The molecule has 1 atom stereocenters. The summed E-state index contributed by atoms with van der Waals surface area (Å²) < 4.78 is 1.76. The Morgan fingerprint density at radius 3 is 2.80 bits per heavy atom. The van der Waals surface area contributed by atoms with Gasteiger partial charge in [0.1, 0.15) is 5.82 Å². The second-order valence-corrected chi connectivity index (χ2v) is 3.98. The number of rotatable bonds is 4. The zero-order valence-corrected chi connectivity index (χ0v) is 9.40. The number of hydrogen-bond acceptors (Lipinski definition) is 3. The van der Waals surface area contributed by atoms with Gasteiger partial charge in [0.15, 0.2) is 0 Å². The fraction of sp³-hybridized carbons (Fsp3) is 0.600. The number of carbonyl (C=O) groups excluding carboxylic acids is 1. The quantitative estimate of drug-likeness (QED) is 0.782. The van der Waals surface area contributed by atoms with Crippen LogP contribution < -0.4 is 11.1 Å². The Morgan fingerprint density at radius 2 is 2.27 bits per heavy atom. The minimum atomic E-state index is -0.125. The van der Waals surface area contributed by atoms with Crippen molar-refractivity contribution >= 4 is 11.7 Å². The van der Waals surface area contributed by atoms with Crippen LogP contribution in [0.4, 0.5) is 5.82 Å². The van der Waals surface area contributed by atoms with Crippen LogP contribution >= 0.6 is 0 Å². The summed E-state index contributed by atoms with van der Waals surface area (Å²) in [7, 11) is 0. The molecule has 0 bridgehead atoms. The Hall–Kier alpha value is -1.36. The number of carbonyl (C=O) groups is 1. The highest BCUT2D eigenvalue weighted by molar-refractivity contribution is 5.90. The molecule has 1 rings (SSSR count). The summed E-state index contributed by atoms with van der Waals surface area (Å²) in [4.78, 5) is 11.5. The molecule has 1 aromatic rings. The van der Waals surface area contributed by atoms with Gasteiger partial charge in [0.2, 0.25) is 5.91 Å². The molecule has 1 heterocycles. The molecule has 1 aromatic heterocycles. The van der Waals surface area contributed by atoms with Gasteiger partial charge in [-0.2, -0.15) is 5.10 Å². The molecule has 84 valence electrons. The van der Waals surface area contributed by atoms with Crippen LogP contribution in [0.3, 0.4) is 0 Å². The van der Waals surface area contributed by atoms with Gasteiger partial charge in [-0.15, -0.1) is 0 Å². The van der Waals surface area contributed by atoms with Crippen molar-refractivity contribution in [3.8, 4) is 0 Å². The summed E-state index contributed by atoms with van der Waals surface area (Å²) in [6.07, 6.45) is 1.99. The van der Waals surface area contributed by atoms with E-state index in [0.717, 1.165) is 5.82 Å². The standard InChI is InChI=1S/C10H18N4O/c1-7(2)14-9(4-5-12-14)13-10(15)6-8(3)11/h4-5,7-8H,6,11H2,1-3H3,(H,13,15). The SMILES string of the molecule is CC(N)CC(=O)Nc1ccnn1C(C)C. The second kappa shape index (κ2) is 4.93. The van der Waals surface area contributed by atoms with Gasteiger partial charge in [-0.05, 0) is 20.8 Å². The van der Waals surface area contributed by atoms with E-state index in [-0.39, 0.29) is 18.0 Å². The zero-order valence-electron chi connectivity index (χ0n) is 9.40. The molecule has 15 heavy (non-hydrogen) atoms. The number of anilines is 1. The molecular weight excluding hydrogens is 192 g/mol. The molecule has 3 N–H and O–H groups in total. The van der Waals surface area contributed by atoms with Crippen molar-refractivity contribution < 1.29 is 4.79 Å². The van der Waals surface area contributed by atoms with Crippen molar-refractivity contribution in [2.24, 2.45) is 5.73 Å². The van der Waals surface area contributed by atoms with E-state index in [0.29, 0.717) is 6.42 Å². The normalized spacial score (nSPS) is 12.9. The van der Waals surface area contributed by atoms with Gasteiger partial charge in [-0.3, -0.25) is 4.79 Å².